The normalized spacial score (nSPS) is 11.3. The molecular formula is C31H48O10Si2. The maximum atomic E-state index is 13.2. The highest BCUT2D eigenvalue weighted by molar-refractivity contribution is 6.84. The Balaban J connectivity index is 3.12. The monoisotopic (exact) mass is 636 g/mol. The van der Waals surface area contributed by atoms with Crippen LogP contribution in [0, 0.1) is 22.9 Å². The van der Waals surface area contributed by atoms with Crippen LogP contribution in [0.2, 0.25) is 39.3 Å². The fraction of sp³-hybridized carbons (Fsp3) is 0.613. The van der Waals surface area contributed by atoms with E-state index in [4.69, 9.17) is 37.9 Å². The van der Waals surface area contributed by atoms with Crippen LogP contribution in [0.5, 0.6) is 0 Å². The minimum atomic E-state index is -1.82. The van der Waals surface area contributed by atoms with E-state index in [1.807, 2.05) is 0 Å². The number of hydrogen-bond donors (Lipinski definition) is 0. The number of hydrogen-bond acceptors (Lipinski definition) is 10. The number of benzene rings is 1. The Hall–Kier alpha value is -2.53. The van der Waals surface area contributed by atoms with Crippen LogP contribution in [0.4, 0.5) is 0 Å². The number of ether oxygens (including phenoxy) is 8. The first kappa shape index (κ1) is 38.5. The summed E-state index contributed by atoms with van der Waals surface area (Å²) in [5.74, 6) is 5.10. The molecule has 0 unspecified atom stereocenters. The predicted octanol–water partition coefficient (Wildman–Crippen LogP) is 3.77. The molecule has 0 aliphatic carbocycles. The van der Waals surface area contributed by atoms with Crippen molar-refractivity contribution >= 4 is 28.1 Å². The van der Waals surface area contributed by atoms with Gasteiger partial charge >= 0.3 is 11.9 Å². The zero-order valence-corrected chi connectivity index (χ0v) is 29.0. The largest absolute Gasteiger partial charge is 0.460 e. The molecule has 0 spiro atoms. The number of rotatable bonds is 19. The third-order valence-corrected chi connectivity index (χ3v) is 6.79. The number of carbonyl (C=O) groups excluding carboxylic acids is 2. The van der Waals surface area contributed by atoms with Gasteiger partial charge in [0, 0.05) is 25.3 Å². The molecule has 0 amide bonds. The molecule has 0 aliphatic rings. The third-order valence-electron chi connectivity index (χ3n) is 5.04. The Labute approximate surface area is 259 Å². The van der Waals surface area contributed by atoms with Gasteiger partial charge in [0.1, 0.15) is 36.2 Å². The average Bonchev–Trinajstić information content (AvgIpc) is 2.94. The van der Waals surface area contributed by atoms with Gasteiger partial charge in [-0.05, 0) is 12.1 Å². The SMILES string of the molecule is COCCOCCOCCOC(=O)c1cc(C#C[Si](C)(C)C)c(C(=O)OCCOCCOCOC)cc1C#C[Si](C)(C)C. The van der Waals surface area contributed by atoms with E-state index in [1.165, 1.54) is 0 Å². The van der Waals surface area contributed by atoms with Gasteiger partial charge in [0.25, 0.3) is 0 Å². The molecule has 0 fully saturated rings. The number of esters is 2. The Morgan fingerprint density at radius 3 is 1.30 bits per heavy atom. The summed E-state index contributed by atoms with van der Waals surface area (Å²) in [6.07, 6.45) is 0. The Morgan fingerprint density at radius 2 is 0.930 bits per heavy atom. The lowest BCUT2D eigenvalue weighted by atomic mass is 9.98. The molecule has 0 saturated heterocycles. The molecular weight excluding hydrogens is 589 g/mol. The van der Waals surface area contributed by atoms with Crippen LogP contribution >= 0.6 is 0 Å². The van der Waals surface area contributed by atoms with Crippen molar-refractivity contribution in [1.82, 2.24) is 0 Å². The van der Waals surface area contributed by atoms with Crippen LogP contribution in [-0.4, -0.2) is 115 Å². The summed E-state index contributed by atoms with van der Waals surface area (Å²) in [4.78, 5) is 26.4. The Kier molecular flexibility index (Phi) is 19.0. The zero-order valence-electron chi connectivity index (χ0n) is 27.0. The Bertz CT molecular complexity index is 1120. The summed E-state index contributed by atoms with van der Waals surface area (Å²) >= 11 is 0. The fourth-order valence-electron chi connectivity index (χ4n) is 3.02. The quantitative estimate of drug-likeness (QED) is 0.0732. The smallest absolute Gasteiger partial charge is 0.339 e. The van der Waals surface area contributed by atoms with Crippen LogP contribution in [0.15, 0.2) is 12.1 Å². The summed E-state index contributed by atoms with van der Waals surface area (Å²) < 4.78 is 42.2. The van der Waals surface area contributed by atoms with Crippen LogP contribution in [-0.2, 0) is 37.9 Å². The second-order valence-electron chi connectivity index (χ2n) is 11.4. The number of methoxy groups -OCH3 is 2. The molecule has 43 heavy (non-hydrogen) atoms. The lowest BCUT2D eigenvalue weighted by Crippen LogP contribution is -2.19. The molecule has 10 nitrogen and oxygen atoms in total. The third kappa shape index (κ3) is 18.7. The van der Waals surface area contributed by atoms with Crippen molar-refractivity contribution in [3.8, 4) is 22.9 Å². The molecule has 0 saturated carbocycles. The highest BCUT2D eigenvalue weighted by Gasteiger charge is 2.21. The first-order valence-corrected chi connectivity index (χ1v) is 21.3. The van der Waals surface area contributed by atoms with Gasteiger partial charge in [-0.15, -0.1) is 11.1 Å². The van der Waals surface area contributed by atoms with Gasteiger partial charge in [-0.3, -0.25) is 0 Å². The van der Waals surface area contributed by atoms with Gasteiger partial charge < -0.3 is 37.9 Å². The van der Waals surface area contributed by atoms with E-state index in [-0.39, 0.29) is 44.3 Å². The van der Waals surface area contributed by atoms with Gasteiger partial charge in [-0.2, -0.15) is 0 Å². The molecule has 12 heteroatoms. The molecule has 0 aliphatic heterocycles. The van der Waals surface area contributed by atoms with Crippen LogP contribution in [0.1, 0.15) is 31.8 Å². The van der Waals surface area contributed by atoms with Crippen molar-refractivity contribution in [1.29, 1.82) is 0 Å². The van der Waals surface area contributed by atoms with Crippen LogP contribution in [0.3, 0.4) is 0 Å². The second kappa shape index (κ2) is 21.2. The molecule has 0 atom stereocenters. The van der Waals surface area contributed by atoms with Crippen molar-refractivity contribution in [3.63, 3.8) is 0 Å². The van der Waals surface area contributed by atoms with E-state index in [9.17, 15) is 9.59 Å². The molecule has 0 aromatic heterocycles. The lowest BCUT2D eigenvalue weighted by Gasteiger charge is -2.13. The molecule has 0 heterocycles. The van der Waals surface area contributed by atoms with E-state index >= 15 is 0 Å². The van der Waals surface area contributed by atoms with Crippen molar-refractivity contribution in [2.45, 2.75) is 39.3 Å². The standard InChI is InChI=1S/C31H48O10Si2/c1-34-11-12-36-13-14-37-17-19-40-30(32)28-23-27(10-22-43(6,7)8)29(24-26(28)9-21-42(3,4)5)31(33)41-20-18-38-15-16-39-25-35-2/h23-24H,11-20,25H2,1-8H3. The first-order valence-electron chi connectivity index (χ1n) is 14.3. The summed E-state index contributed by atoms with van der Waals surface area (Å²) in [6.45, 7) is 15.8. The zero-order chi connectivity index (χ0) is 32.1. The van der Waals surface area contributed by atoms with Crippen molar-refractivity contribution in [2.75, 3.05) is 87.1 Å². The first-order chi connectivity index (χ1) is 20.4. The van der Waals surface area contributed by atoms with Crippen molar-refractivity contribution in [3.05, 3.63) is 34.4 Å². The molecule has 240 valence electrons. The van der Waals surface area contributed by atoms with E-state index in [2.05, 4.69) is 62.2 Å². The summed E-state index contributed by atoms with van der Waals surface area (Å²) in [5, 5.41) is 0. The molecule has 1 aromatic carbocycles. The van der Waals surface area contributed by atoms with Gasteiger partial charge in [-0.25, -0.2) is 9.59 Å². The van der Waals surface area contributed by atoms with E-state index in [0.717, 1.165) is 0 Å². The van der Waals surface area contributed by atoms with Gasteiger partial charge in [-0.1, -0.05) is 51.1 Å². The molecule has 0 bridgehead atoms. The highest BCUT2D eigenvalue weighted by Crippen LogP contribution is 2.20. The van der Waals surface area contributed by atoms with Gasteiger partial charge in [0.05, 0.1) is 64.0 Å². The minimum absolute atomic E-state index is 0.0428. The van der Waals surface area contributed by atoms with Gasteiger partial charge in [0.15, 0.2) is 0 Å². The van der Waals surface area contributed by atoms with E-state index in [1.54, 1.807) is 26.4 Å². The lowest BCUT2D eigenvalue weighted by molar-refractivity contribution is -0.0537. The van der Waals surface area contributed by atoms with E-state index < -0.39 is 28.1 Å². The molecule has 0 radical (unpaired) electrons. The molecule has 1 rings (SSSR count). The Morgan fingerprint density at radius 1 is 0.558 bits per heavy atom. The van der Waals surface area contributed by atoms with Crippen LogP contribution in [0.25, 0.3) is 0 Å². The topological polar surface area (TPSA) is 108 Å². The van der Waals surface area contributed by atoms with Crippen molar-refractivity contribution in [2.24, 2.45) is 0 Å². The summed E-state index contributed by atoms with van der Waals surface area (Å²) in [5.41, 5.74) is 7.79. The molecule has 0 N–H and O–H groups in total. The second-order valence-corrected chi connectivity index (χ2v) is 20.9. The van der Waals surface area contributed by atoms with E-state index in [0.29, 0.717) is 50.8 Å². The number of carbonyl (C=O) groups is 2. The average molecular weight is 637 g/mol. The van der Waals surface area contributed by atoms with Crippen LogP contribution < -0.4 is 0 Å². The fourth-order valence-corrected chi connectivity index (χ4v) is 4.04. The van der Waals surface area contributed by atoms with Gasteiger partial charge in [0.2, 0.25) is 0 Å². The maximum absolute atomic E-state index is 13.2. The molecule has 1 aromatic rings. The minimum Gasteiger partial charge on any atom is -0.460 e. The summed E-state index contributed by atoms with van der Waals surface area (Å²) in [6, 6.07) is 3.15. The predicted molar refractivity (Wildman–Crippen MR) is 170 cm³/mol. The highest BCUT2D eigenvalue weighted by atomic mass is 28.3. The van der Waals surface area contributed by atoms with Crippen molar-refractivity contribution < 1.29 is 47.5 Å². The summed E-state index contributed by atoms with van der Waals surface area (Å²) in [7, 11) is -0.483. The maximum Gasteiger partial charge on any atom is 0.339 e.